The molecule has 0 saturated carbocycles. The van der Waals surface area contributed by atoms with E-state index in [0.717, 1.165) is 28.4 Å². The Balaban J connectivity index is 1.19. The van der Waals surface area contributed by atoms with E-state index in [9.17, 15) is 0 Å². The SMILES string of the molecule is c1ccc(C2N=C(c3cccc4sc5c6ccccc6ccc5c34)N=C(c3ccc(-c4cccc5ccccc45)cc3)N2)cc1. The number of rotatable bonds is 4. The highest BCUT2D eigenvalue weighted by atomic mass is 32.1. The molecule has 1 aliphatic rings. The summed E-state index contributed by atoms with van der Waals surface area (Å²) in [6.45, 7) is 0. The van der Waals surface area contributed by atoms with Crippen molar-refractivity contribution < 1.29 is 0 Å². The van der Waals surface area contributed by atoms with Gasteiger partial charge in [-0.3, -0.25) is 0 Å². The lowest BCUT2D eigenvalue weighted by Gasteiger charge is -2.24. The molecule has 1 aliphatic heterocycles. The van der Waals surface area contributed by atoms with Gasteiger partial charge >= 0.3 is 0 Å². The van der Waals surface area contributed by atoms with Crippen LogP contribution >= 0.6 is 11.3 Å². The van der Waals surface area contributed by atoms with Gasteiger partial charge < -0.3 is 5.32 Å². The Morgan fingerprint density at radius 2 is 1.18 bits per heavy atom. The number of amidine groups is 2. The zero-order chi connectivity index (χ0) is 29.7. The fourth-order valence-corrected chi connectivity index (χ4v) is 7.81. The van der Waals surface area contributed by atoms with Gasteiger partial charge in [0.15, 0.2) is 5.84 Å². The molecule has 9 rings (SSSR count). The van der Waals surface area contributed by atoms with Crippen LogP contribution in [0.3, 0.4) is 0 Å². The third kappa shape index (κ3) is 4.42. The largest absolute Gasteiger partial charge is 0.344 e. The summed E-state index contributed by atoms with van der Waals surface area (Å²) >= 11 is 1.84. The van der Waals surface area contributed by atoms with Gasteiger partial charge in [0.2, 0.25) is 0 Å². The second kappa shape index (κ2) is 10.5. The third-order valence-electron chi connectivity index (χ3n) is 8.74. The van der Waals surface area contributed by atoms with Crippen LogP contribution in [0, 0.1) is 0 Å². The van der Waals surface area contributed by atoms with Crippen LogP contribution in [0.5, 0.6) is 0 Å². The summed E-state index contributed by atoms with van der Waals surface area (Å²) in [5, 5.41) is 11.1. The van der Waals surface area contributed by atoms with Crippen molar-refractivity contribution in [3.8, 4) is 11.1 Å². The molecule has 2 heterocycles. The van der Waals surface area contributed by atoms with Crippen LogP contribution in [0.15, 0.2) is 162 Å². The van der Waals surface area contributed by atoms with Crippen molar-refractivity contribution in [2.45, 2.75) is 6.17 Å². The smallest absolute Gasteiger partial charge is 0.160 e. The van der Waals surface area contributed by atoms with Crippen molar-refractivity contribution in [1.82, 2.24) is 5.32 Å². The standard InChI is InChI=1S/C41H27N3S/c1-2-12-29(13-3-1)39-42-40(30-22-20-28(21-23-30)32-17-8-14-26-10-4-6-15-31(26)32)44-41(43-39)35-18-9-19-36-37(35)34-25-24-27-11-5-7-16-33(27)38(34)45-36/h1-25,39H,(H,42,43,44). The van der Waals surface area contributed by atoms with E-state index in [0.29, 0.717) is 0 Å². The highest BCUT2D eigenvalue weighted by Gasteiger charge is 2.23. The fraction of sp³-hybridized carbons (Fsp3) is 0.0244. The average Bonchev–Trinajstić information content (AvgIpc) is 3.51. The van der Waals surface area contributed by atoms with Crippen molar-refractivity contribution in [2.24, 2.45) is 9.98 Å². The number of aliphatic imine (C=N–C) groups is 2. The molecule has 0 fully saturated rings. The van der Waals surface area contributed by atoms with E-state index < -0.39 is 0 Å². The molecular formula is C41H27N3S. The molecule has 0 bridgehead atoms. The predicted octanol–water partition coefficient (Wildman–Crippen LogP) is 10.5. The Hall–Kier alpha value is -5.58. The van der Waals surface area contributed by atoms with Crippen LogP contribution in [0.4, 0.5) is 0 Å². The molecule has 212 valence electrons. The predicted molar refractivity (Wildman–Crippen MR) is 192 cm³/mol. The molecule has 7 aromatic carbocycles. The molecule has 0 aliphatic carbocycles. The summed E-state index contributed by atoms with van der Waals surface area (Å²) < 4.78 is 2.55. The van der Waals surface area contributed by atoms with Crippen LogP contribution in [-0.2, 0) is 0 Å². The van der Waals surface area contributed by atoms with Crippen LogP contribution in [0.1, 0.15) is 22.9 Å². The lowest BCUT2D eigenvalue weighted by molar-refractivity contribution is 0.674. The monoisotopic (exact) mass is 593 g/mol. The second-order valence-corrected chi connectivity index (χ2v) is 12.5. The van der Waals surface area contributed by atoms with Gasteiger partial charge in [-0.15, -0.1) is 11.3 Å². The Bertz CT molecular complexity index is 2450. The van der Waals surface area contributed by atoms with Crippen molar-refractivity contribution in [3.63, 3.8) is 0 Å². The van der Waals surface area contributed by atoms with Crippen LogP contribution < -0.4 is 5.32 Å². The number of benzene rings is 7. The number of hydrogen-bond acceptors (Lipinski definition) is 4. The number of thiophene rings is 1. The molecule has 0 spiro atoms. The molecule has 0 radical (unpaired) electrons. The lowest BCUT2D eigenvalue weighted by Crippen LogP contribution is -2.33. The van der Waals surface area contributed by atoms with Crippen molar-refractivity contribution in [2.75, 3.05) is 0 Å². The maximum absolute atomic E-state index is 5.22. The van der Waals surface area contributed by atoms with Crippen LogP contribution in [-0.4, -0.2) is 11.7 Å². The van der Waals surface area contributed by atoms with Gasteiger partial charge in [-0.2, -0.15) is 0 Å². The summed E-state index contributed by atoms with van der Waals surface area (Å²) in [6.07, 6.45) is -0.257. The number of fused-ring (bicyclic) bond motifs is 6. The minimum absolute atomic E-state index is 0.257. The van der Waals surface area contributed by atoms with E-state index in [-0.39, 0.29) is 6.17 Å². The topological polar surface area (TPSA) is 36.8 Å². The van der Waals surface area contributed by atoms with Gasteiger partial charge in [-0.25, -0.2) is 9.98 Å². The number of nitrogens with zero attached hydrogens (tertiary/aromatic N) is 2. The first-order chi connectivity index (χ1) is 22.3. The molecule has 8 aromatic rings. The summed E-state index contributed by atoms with van der Waals surface area (Å²) in [4.78, 5) is 10.4. The molecule has 0 saturated heterocycles. The van der Waals surface area contributed by atoms with E-state index in [1.165, 1.54) is 52.8 Å². The Labute approximate surface area is 264 Å². The quantitative estimate of drug-likeness (QED) is 0.217. The van der Waals surface area contributed by atoms with Crippen molar-refractivity contribution in [3.05, 3.63) is 168 Å². The minimum atomic E-state index is -0.257. The zero-order valence-corrected chi connectivity index (χ0v) is 25.1. The Morgan fingerprint density at radius 1 is 0.511 bits per heavy atom. The third-order valence-corrected chi connectivity index (χ3v) is 9.95. The van der Waals surface area contributed by atoms with Gasteiger partial charge in [0.05, 0.1) is 0 Å². The molecule has 1 aromatic heterocycles. The Kier molecular flexibility index (Phi) is 6.06. The van der Waals surface area contributed by atoms with Gasteiger partial charge in [-0.1, -0.05) is 146 Å². The average molecular weight is 594 g/mol. The number of nitrogens with one attached hydrogen (secondary N) is 1. The second-order valence-electron chi connectivity index (χ2n) is 11.4. The van der Waals surface area contributed by atoms with Crippen molar-refractivity contribution in [1.29, 1.82) is 0 Å². The first-order valence-corrected chi connectivity index (χ1v) is 16.0. The summed E-state index contributed by atoms with van der Waals surface area (Å²) in [6, 6.07) is 53.8. The van der Waals surface area contributed by atoms with E-state index in [4.69, 9.17) is 9.98 Å². The molecular weight excluding hydrogens is 567 g/mol. The Morgan fingerprint density at radius 3 is 2.02 bits per heavy atom. The highest BCUT2D eigenvalue weighted by molar-refractivity contribution is 7.26. The molecule has 3 nitrogen and oxygen atoms in total. The van der Waals surface area contributed by atoms with Gasteiger partial charge in [0, 0.05) is 31.3 Å². The van der Waals surface area contributed by atoms with Gasteiger partial charge in [0.1, 0.15) is 12.0 Å². The summed E-state index contributed by atoms with van der Waals surface area (Å²) in [7, 11) is 0. The first kappa shape index (κ1) is 25.9. The van der Waals surface area contributed by atoms with E-state index in [1.54, 1.807) is 0 Å². The number of hydrogen-bond donors (Lipinski definition) is 1. The first-order valence-electron chi connectivity index (χ1n) is 15.2. The van der Waals surface area contributed by atoms with Crippen LogP contribution in [0.2, 0.25) is 0 Å². The van der Waals surface area contributed by atoms with Gasteiger partial charge in [0.25, 0.3) is 0 Å². The maximum Gasteiger partial charge on any atom is 0.160 e. The highest BCUT2D eigenvalue weighted by Crippen LogP contribution is 2.40. The molecule has 0 amide bonds. The molecule has 1 unspecified atom stereocenters. The van der Waals surface area contributed by atoms with Gasteiger partial charge in [-0.05, 0) is 44.3 Å². The van der Waals surface area contributed by atoms with Crippen molar-refractivity contribution >= 4 is 64.7 Å². The molecule has 1 N–H and O–H groups in total. The molecule has 1 atom stereocenters. The summed E-state index contributed by atoms with van der Waals surface area (Å²) in [5.41, 5.74) is 5.60. The van der Waals surface area contributed by atoms with Crippen LogP contribution in [0.25, 0.3) is 52.8 Å². The van der Waals surface area contributed by atoms with E-state index in [1.807, 2.05) is 17.4 Å². The zero-order valence-electron chi connectivity index (χ0n) is 24.3. The molecule has 4 heteroatoms. The maximum atomic E-state index is 5.22. The normalized spacial score (nSPS) is 14.9. The van der Waals surface area contributed by atoms with E-state index >= 15 is 0 Å². The fourth-order valence-electron chi connectivity index (χ4n) is 6.55. The minimum Gasteiger partial charge on any atom is -0.344 e. The summed E-state index contributed by atoms with van der Waals surface area (Å²) in [5.74, 6) is 1.56. The molecule has 45 heavy (non-hydrogen) atoms. The van der Waals surface area contributed by atoms with E-state index in [2.05, 4.69) is 151 Å². The lowest BCUT2D eigenvalue weighted by atomic mass is 9.97.